The number of amides is 2. The highest BCUT2D eigenvalue weighted by atomic mass is 16.5. The summed E-state index contributed by atoms with van der Waals surface area (Å²) in [5.41, 5.74) is 3.27. The maximum atomic E-state index is 13.1. The van der Waals surface area contributed by atoms with Crippen molar-refractivity contribution >= 4 is 23.1 Å². The lowest BCUT2D eigenvalue weighted by Gasteiger charge is -2.14. The van der Waals surface area contributed by atoms with Crippen LogP contribution in [0.3, 0.4) is 0 Å². The van der Waals surface area contributed by atoms with Crippen LogP contribution < -0.4 is 10.1 Å². The van der Waals surface area contributed by atoms with Gasteiger partial charge in [-0.1, -0.05) is 38.1 Å². The highest BCUT2D eigenvalue weighted by molar-refractivity contribution is 6.36. The van der Waals surface area contributed by atoms with E-state index < -0.39 is 0 Å². The predicted molar refractivity (Wildman–Crippen MR) is 117 cm³/mol. The van der Waals surface area contributed by atoms with E-state index in [0.29, 0.717) is 17.7 Å². The molecule has 30 heavy (non-hydrogen) atoms. The number of methoxy groups -OCH3 is 1. The second kappa shape index (κ2) is 10.1. The van der Waals surface area contributed by atoms with E-state index in [2.05, 4.69) is 12.2 Å². The number of hydrogen-bond donors (Lipinski definition) is 1. The SMILES string of the molecule is CCCOc1ccc(C2=C(Nc3ccc(CC)cc3)C(=O)N(CCOC)C2=O)cc1. The molecule has 0 radical (unpaired) electrons. The highest BCUT2D eigenvalue weighted by Gasteiger charge is 2.38. The van der Waals surface area contributed by atoms with Gasteiger partial charge < -0.3 is 14.8 Å². The normalized spacial score (nSPS) is 13.9. The molecular formula is C24H28N2O4. The number of ether oxygens (including phenoxy) is 2. The first kappa shape index (κ1) is 21.6. The Morgan fingerprint density at radius 3 is 2.20 bits per heavy atom. The lowest BCUT2D eigenvalue weighted by molar-refractivity contribution is -0.137. The Morgan fingerprint density at radius 1 is 0.900 bits per heavy atom. The minimum Gasteiger partial charge on any atom is -0.494 e. The summed E-state index contributed by atoms with van der Waals surface area (Å²) in [5.74, 6) is 0.0590. The number of carbonyl (C=O) groups excluding carboxylic acids is 2. The Balaban J connectivity index is 1.94. The number of rotatable bonds is 10. The van der Waals surface area contributed by atoms with E-state index in [1.165, 1.54) is 10.5 Å². The fourth-order valence-corrected chi connectivity index (χ4v) is 3.25. The summed E-state index contributed by atoms with van der Waals surface area (Å²) in [5, 5.41) is 3.17. The van der Waals surface area contributed by atoms with Crippen molar-refractivity contribution in [2.45, 2.75) is 26.7 Å². The van der Waals surface area contributed by atoms with Crippen molar-refractivity contribution in [3.8, 4) is 5.75 Å². The summed E-state index contributed by atoms with van der Waals surface area (Å²) in [4.78, 5) is 27.4. The number of nitrogens with zero attached hydrogens (tertiary/aromatic N) is 1. The van der Waals surface area contributed by atoms with Crippen molar-refractivity contribution < 1.29 is 19.1 Å². The first-order valence-electron chi connectivity index (χ1n) is 10.3. The smallest absolute Gasteiger partial charge is 0.278 e. The van der Waals surface area contributed by atoms with Gasteiger partial charge in [-0.25, -0.2) is 0 Å². The average molecular weight is 408 g/mol. The molecule has 2 aromatic carbocycles. The highest BCUT2D eigenvalue weighted by Crippen LogP contribution is 2.31. The molecule has 0 fully saturated rings. The molecule has 0 saturated carbocycles. The van der Waals surface area contributed by atoms with E-state index in [1.54, 1.807) is 7.11 Å². The number of nitrogens with one attached hydrogen (secondary N) is 1. The van der Waals surface area contributed by atoms with Crippen LogP contribution in [-0.2, 0) is 20.7 Å². The quantitative estimate of drug-likeness (QED) is 0.605. The molecule has 0 unspecified atom stereocenters. The topological polar surface area (TPSA) is 67.9 Å². The molecule has 2 aromatic rings. The molecule has 1 aliphatic heterocycles. The third kappa shape index (κ3) is 4.71. The van der Waals surface area contributed by atoms with Crippen molar-refractivity contribution in [3.63, 3.8) is 0 Å². The first-order valence-corrected chi connectivity index (χ1v) is 10.3. The van der Waals surface area contributed by atoms with Crippen LogP contribution in [0.4, 0.5) is 5.69 Å². The molecule has 1 N–H and O–H groups in total. The molecule has 0 aromatic heterocycles. The Morgan fingerprint density at radius 2 is 1.60 bits per heavy atom. The van der Waals surface area contributed by atoms with E-state index in [0.717, 1.165) is 24.3 Å². The van der Waals surface area contributed by atoms with Gasteiger partial charge in [0.1, 0.15) is 11.4 Å². The molecule has 0 spiro atoms. The molecule has 0 aliphatic carbocycles. The Hall–Kier alpha value is -3.12. The van der Waals surface area contributed by atoms with E-state index in [9.17, 15) is 9.59 Å². The number of aryl methyl sites for hydroxylation is 1. The molecule has 2 amide bonds. The first-order chi connectivity index (χ1) is 14.6. The monoisotopic (exact) mass is 408 g/mol. The van der Waals surface area contributed by atoms with Gasteiger partial charge in [0.2, 0.25) is 0 Å². The van der Waals surface area contributed by atoms with Crippen molar-refractivity contribution in [2.24, 2.45) is 0 Å². The third-order valence-corrected chi connectivity index (χ3v) is 4.93. The summed E-state index contributed by atoms with van der Waals surface area (Å²) >= 11 is 0. The van der Waals surface area contributed by atoms with Gasteiger partial charge in [-0.2, -0.15) is 0 Å². The molecule has 6 heteroatoms. The Kier molecular flexibility index (Phi) is 7.25. The number of anilines is 1. The summed E-state index contributed by atoms with van der Waals surface area (Å²) in [6, 6.07) is 15.1. The molecular weight excluding hydrogens is 380 g/mol. The number of hydrogen-bond acceptors (Lipinski definition) is 5. The lowest BCUT2D eigenvalue weighted by Crippen LogP contribution is -2.35. The van der Waals surface area contributed by atoms with Crippen LogP contribution >= 0.6 is 0 Å². The minimum atomic E-state index is -0.349. The van der Waals surface area contributed by atoms with Gasteiger partial charge in [-0.15, -0.1) is 0 Å². The van der Waals surface area contributed by atoms with Crippen LogP contribution in [-0.4, -0.2) is 43.6 Å². The van der Waals surface area contributed by atoms with E-state index in [1.807, 2.05) is 55.5 Å². The lowest BCUT2D eigenvalue weighted by atomic mass is 10.0. The van der Waals surface area contributed by atoms with E-state index in [-0.39, 0.29) is 30.7 Å². The van der Waals surface area contributed by atoms with Crippen LogP contribution in [0.5, 0.6) is 5.75 Å². The largest absolute Gasteiger partial charge is 0.494 e. The molecule has 0 bridgehead atoms. The summed E-state index contributed by atoms with van der Waals surface area (Å²) in [7, 11) is 1.54. The number of imide groups is 1. The zero-order valence-electron chi connectivity index (χ0n) is 17.7. The summed E-state index contributed by atoms with van der Waals surface area (Å²) in [6.45, 7) is 5.25. The van der Waals surface area contributed by atoms with Crippen LogP contribution in [0.15, 0.2) is 54.2 Å². The van der Waals surface area contributed by atoms with Gasteiger partial charge in [-0.3, -0.25) is 14.5 Å². The second-order valence-corrected chi connectivity index (χ2v) is 7.05. The van der Waals surface area contributed by atoms with Gasteiger partial charge in [0, 0.05) is 12.8 Å². The minimum absolute atomic E-state index is 0.204. The zero-order valence-corrected chi connectivity index (χ0v) is 17.7. The van der Waals surface area contributed by atoms with Crippen LogP contribution in [0.2, 0.25) is 0 Å². The molecule has 0 saturated heterocycles. The van der Waals surface area contributed by atoms with Gasteiger partial charge in [0.05, 0.1) is 25.3 Å². The standard InChI is InChI=1S/C24H28N2O4/c1-4-15-30-20-12-8-18(9-13-20)21-22(24(28)26(23(21)27)14-16-29-3)25-19-10-6-17(5-2)7-11-19/h6-13,25H,4-5,14-16H2,1-3H3. The number of carbonyl (C=O) groups is 2. The molecule has 6 nitrogen and oxygen atoms in total. The molecule has 158 valence electrons. The van der Waals surface area contributed by atoms with E-state index in [4.69, 9.17) is 9.47 Å². The van der Waals surface area contributed by atoms with Crippen molar-refractivity contribution in [1.82, 2.24) is 4.90 Å². The molecule has 1 heterocycles. The Labute approximate surface area is 177 Å². The second-order valence-electron chi connectivity index (χ2n) is 7.05. The van der Waals surface area contributed by atoms with Gasteiger partial charge in [-0.05, 0) is 48.2 Å². The van der Waals surface area contributed by atoms with E-state index >= 15 is 0 Å². The summed E-state index contributed by atoms with van der Waals surface area (Å²) in [6.07, 6.45) is 1.85. The molecule has 1 aliphatic rings. The van der Waals surface area contributed by atoms with Crippen molar-refractivity contribution in [2.75, 3.05) is 32.2 Å². The molecule has 3 rings (SSSR count). The average Bonchev–Trinajstić information content (AvgIpc) is 3.00. The fourth-order valence-electron chi connectivity index (χ4n) is 3.25. The van der Waals surface area contributed by atoms with Crippen molar-refractivity contribution in [1.29, 1.82) is 0 Å². The van der Waals surface area contributed by atoms with Crippen LogP contribution in [0, 0.1) is 0 Å². The van der Waals surface area contributed by atoms with Gasteiger partial charge >= 0.3 is 0 Å². The fraction of sp³-hybridized carbons (Fsp3) is 0.333. The van der Waals surface area contributed by atoms with Gasteiger partial charge in [0.25, 0.3) is 11.8 Å². The maximum Gasteiger partial charge on any atom is 0.278 e. The predicted octanol–water partition coefficient (Wildman–Crippen LogP) is 3.88. The Bertz CT molecular complexity index is 917. The van der Waals surface area contributed by atoms with Crippen LogP contribution in [0.1, 0.15) is 31.4 Å². The zero-order chi connectivity index (χ0) is 21.5. The molecule has 0 atom stereocenters. The third-order valence-electron chi connectivity index (χ3n) is 4.93. The van der Waals surface area contributed by atoms with Gasteiger partial charge in [0.15, 0.2) is 0 Å². The van der Waals surface area contributed by atoms with Crippen molar-refractivity contribution in [3.05, 3.63) is 65.4 Å². The maximum absolute atomic E-state index is 13.1. The van der Waals surface area contributed by atoms with Crippen LogP contribution in [0.25, 0.3) is 5.57 Å². The summed E-state index contributed by atoms with van der Waals surface area (Å²) < 4.78 is 10.7. The number of benzene rings is 2.